The summed E-state index contributed by atoms with van der Waals surface area (Å²) in [5.41, 5.74) is 1.21. The highest BCUT2D eigenvalue weighted by Crippen LogP contribution is 2.21. The number of carbonyl (C=O) groups excluding carboxylic acids is 1. The van der Waals surface area contributed by atoms with E-state index < -0.39 is 0 Å². The fourth-order valence-electron chi connectivity index (χ4n) is 2.57. The number of halogens is 1. The molecule has 4 heteroatoms. The second-order valence-corrected chi connectivity index (χ2v) is 5.10. The average Bonchev–Trinajstić information content (AvgIpc) is 2.39. The average molecular weight is 260 g/mol. The Morgan fingerprint density at radius 1 is 1.58 bits per heavy atom. The topological polar surface area (TPSA) is 44.1 Å². The molecule has 3 nitrogen and oxygen atoms in total. The van der Waals surface area contributed by atoms with E-state index >= 15 is 0 Å². The molecule has 0 saturated carbocycles. The molecule has 1 aliphatic rings. The van der Waals surface area contributed by atoms with Crippen LogP contribution < -0.4 is 0 Å². The standard InChI is InChI=1S/C15H17FN2O/c1-11(19)13-3-2-6-18(9-13)10-14-7-15(16)5-4-12(14)8-17/h4-5,7,13H,2-3,6,9-10H2,1H3. The second kappa shape index (κ2) is 5.94. The molecule has 0 aromatic heterocycles. The highest BCUT2D eigenvalue weighted by atomic mass is 19.1. The fraction of sp³-hybridized carbons (Fsp3) is 0.467. The van der Waals surface area contributed by atoms with E-state index in [4.69, 9.17) is 5.26 Å². The van der Waals surface area contributed by atoms with Crippen molar-refractivity contribution in [3.8, 4) is 6.07 Å². The number of hydrogen-bond donors (Lipinski definition) is 0. The van der Waals surface area contributed by atoms with Crippen LogP contribution in [0.2, 0.25) is 0 Å². The van der Waals surface area contributed by atoms with Crippen molar-refractivity contribution in [3.63, 3.8) is 0 Å². The Kier molecular flexibility index (Phi) is 4.28. The van der Waals surface area contributed by atoms with Crippen LogP contribution in [0.15, 0.2) is 18.2 Å². The Hall–Kier alpha value is -1.73. The Morgan fingerprint density at radius 2 is 2.37 bits per heavy atom. The third-order valence-electron chi connectivity index (χ3n) is 3.66. The van der Waals surface area contributed by atoms with Gasteiger partial charge in [-0.2, -0.15) is 5.26 Å². The minimum atomic E-state index is -0.325. The smallest absolute Gasteiger partial charge is 0.134 e. The summed E-state index contributed by atoms with van der Waals surface area (Å²) in [6, 6.07) is 6.31. The van der Waals surface area contributed by atoms with Gasteiger partial charge in [0.2, 0.25) is 0 Å². The summed E-state index contributed by atoms with van der Waals surface area (Å²) in [5, 5.41) is 9.03. The second-order valence-electron chi connectivity index (χ2n) is 5.10. The number of carbonyl (C=O) groups is 1. The lowest BCUT2D eigenvalue weighted by atomic mass is 9.94. The van der Waals surface area contributed by atoms with Gasteiger partial charge >= 0.3 is 0 Å². The van der Waals surface area contributed by atoms with E-state index in [-0.39, 0.29) is 17.5 Å². The first-order valence-corrected chi connectivity index (χ1v) is 6.51. The number of nitriles is 1. The Bertz CT molecular complexity index is 521. The molecule has 1 unspecified atom stereocenters. The summed E-state index contributed by atoms with van der Waals surface area (Å²) in [5.74, 6) is -0.0357. The third kappa shape index (κ3) is 3.39. The zero-order valence-corrected chi connectivity index (χ0v) is 11.0. The van der Waals surface area contributed by atoms with Crippen LogP contribution in [0.1, 0.15) is 30.9 Å². The van der Waals surface area contributed by atoms with Gasteiger partial charge in [-0.1, -0.05) is 0 Å². The van der Waals surface area contributed by atoms with Crippen molar-refractivity contribution in [2.24, 2.45) is 5.92 Å². The minimum absolute atomic E-state index is 0.0767. The Morgan fingerprint density at radius 3 is 3.05 bits per heavy atom. The summed E-state index contributed by atoms with van der Waals surface area (Å²) in [6.07, 6.45) is 1.90. The van der Waals surface area contributed by atoms with Crippen molar-refractivity contribution in [1.82, 2.24) is 4.90 Å². The molecule has 0 N–H and O–H groups in total. The number of Topliss-reactive ketones (excluding diaryl/α,β-unsaturated/α-hetero) is 1. The van der Waals surface area contributed by atoms with Crippen molar-refractivity contribution < 1.29 is 9.18 Å². The van der Waals surface area contributed by atoms with Crippen molar-refractivity contribution >= 4 is 5.78 Å². The summed E-state index contributed by atoms with van der Waals surface area (Å²) in [7, 11) is 0. The molecule has 2 rings (SSSR count). The Balaban J connectivity index is 2.11. The SMILES string of the molecule is CC(=O)C1CCCN(Cc2cc(F)ccc2C#N)C1. The van der Waals surface area contributed by atoms with Crippen LogP contribution in [0.25, 0.3) is 0 Å². The molecule has 19 heavy (non-hydrogen) atoms. The molecular formula is C15H17FN2O. The zero-order valence-electron chi connectivity index (χ0n) is 11.0. The van der Waals surface area contributed by atoms with Gasteiger partial charge in [-0.15, -0.1) is 0 Å². The van der Waals surface area contributed by atoms with Gasteiger partial charge < -0.3 is 0 Å². The molecule has 0 bridgehead atoms. The van der Waals surface area contributed by atoms with Gasteiger partial charge in [0, 0.05) is 19.0 Å². The molecule has 1 atom stereocenters. The van der Waals surface area contributed by atoms with Crippen LogP contribution in [0, 0.1) is 23.1 Å². The van der Waals surface area contributed by atoms with Gasteiger partial charge in [-0.05, 0) is 50.1 Å². The number of ketones is 1. The predicted octanol–water partition coefficient (Wildman–Crippen LogP) is 2.50. The molecule has 1 saturated heterocycles. The lowest BCUT2D eigenvalue weighted by Gasteiger charge is -2.31. The molecular weight excluding hydrogens is 243 g/mol. The highest BCUT2D eigenvalue weighted by molar-refractivity contribution is 5.78. The van der Waals surface area contributed by atoms with E-state index in [1.165, 1.54) is 18.2 Å². The molecule has 0 aliphatic carbocycles. The van der Waals surface area contributed by atoms with Gasteiger partial charge in [0.15, 0.2) is 0 Å². The molecule has 0 spiro atoms. The molecule has 1 aromatic carbocycles. The maximum atomic E-state index is 13.3. The summed E-state index contributed by atoms with van der Waals surface area (Å²) in [4.78, 5) is 13.6. The molecule has 0 radical (unpaired) electrons. The highest BCUT2D eigenvalue weighted by Gasteiger charge is 2.23. The summed E-state index contributed by atoms with van der Waals surface area (Å²) >= 11 is 0. The van der Waals surface area contributed by atoms with Crippen LogP contribution in [-0.2, 0) is 11.3 Å². The van der Waals surface area contributed by atoms with Crippen LogP contribution in [0.4, 0.5) is 4.39 Å². The zero-order chi connectivity index (χ0) is 13.8. The lowest BCUT2D eigenvalue weighted by molar-refractivity contribution is -0.122. The van der Waals surface area contributed by atoms with Crippen LogP contribution in [-0.4, -0.2) is 23.8 Å². The maximum absolute atomic E-state index is 13.3. The molecule has 100 valence electrons. The fourth-order valence-corrected chi connectivity index (χ4v) is 2.57. The summed E-state index contributed by atoms with van der Waals surface area (Å²) in [6.45, 7) is 3.75. The van der Waals surface area contributed by atoms with E-state index in [2.05, 4.69) is 11.0 Å². The third-order valence-corrected chi connectivity index (χ3v) is 3.66. The van der Waals surface area contributed by atoms with Crippen molar-refractivity contribution in [2.45, 2.75) is 26.3 Å². The van der Waals surface area contributed by atoms with Crippen LogP contribution in [0.5, 0.6) is 0 Å². The monoisotopic (exact) mass is 260 g/mol. The molecule has 1 heterocycles. The van der Waals surface area contributed by atoms with Crippen molar-refractivity contribution in [3.05, 3.63) is 35.1 Å². The first kappa shape index (κ1) is 13.7. The number of piperidine rings is 1. The number of hydrogen-bond acceptors (Lipinski definition) is 3. The quantitative estimate of drug-likeness (QED) is 0.838. The van der Waals surface area contributed by atoms with E-state index in [0.29, 0.717) is 24.2 Å². The van der Waals surface area contributed by atoms with Gasteiger partial charge in [-0.25, -0.2) is 4.39 Å². The van der Waals surface area contributed by atoms with Gasteiger partial charge in [-0.3, -0.25) is 9.69 Å². The molecule has 1 fully saturated rings. The molecule has 1 aliphatic heterocycles. The first-order chi connectivity index (χ1) is 9.10. The number of likely N-dealkylation sites (tertiary alicyclic amines) is 1. The Labute approximate surface area is 112 Å². The normalized spacial score (nSPS) is 19.9. The van der Waals surface area contributed by atoms with E-state index in [1.807, 2.05) is 0 Å². The minimum Gasteiger partial charge on any atom is -0.300 e. The van der Waals surface area contributed by atoms with E-state index in [0.717, 1.165) is 19.4 Å². The maximum Gasteiger partial charge on any atom is 0.134 e. The number of benzene rings is 1. The first-order valence-electron chi connectivity index (χ1n) is 6.51. The lowest BCUT2D eigenvalue weighted by Crippen LogP contribution is -2.37. The van der Waals surface area contributed by atoms with Crippen molar-refractivity contribution in [1.29, 1.82) is 5.26 Å². The van der Waals surface area contributed by atoms with E-state index in [1.54, 1.807) is 6.92 Å². The number of rotatable bonds is 3. The largest absolute Gasteiger partial charge is 0.300 e. The van der Waals surface area contributed by atoms with E-state index in [9.17, 15) is 9.18 Å². The van der Waals surface area contributed by atoms with Gasteiger partial charge in [0.05, 0.1) is 11.6 Å². The molecule has 0 amide bonds. The number of nitrogens with zero attached hydrogens (tertiary/aromatic N) is 2. The van der Waals surface area contributed by atoms with Crippen LogP contribution >= 0.6 is 0 Å². The molecule has 1 aromatic rings. The van der Waals surface area contributed by atoms with Gasteiger partial charge in [0.25, 0.3) is 0 Å². The van der Waals surface area contributed by atoms with Gasteiger partial charge in [0.1, 0.15) is 11.6 Å². The van der Waals surface area contributed by atoms with Crippen molar-refractivity contribution in [2.75, 3.05) is 13.1 Å². The summed E-state index contributed by atoms with van der Waals surface area (Å²) < 4.78 is 13.3. The predicted molar refractivity (Wildman–Crippen MR) is 69.8 cm³/mol. The van der Waals surface area contributed by atoms with Crippen LogP contribution in [0.3, 0.4) is 0 Å².